The van der Waals surface area contributed by atoms with Gasteiger partial charge in [0.05, 0.1) is 17.1 Å². The van der Waals surface area contributed by atoms with Gasteiger partial charge in [-0.25, -0.2) is 4.79 Å². The van der Waals surface area contributed by atoms with Crippen molar-refractivity contribution in [3.8, 4) is 0 Å². The summed E-state index contributed by atoms with van der Waals surface area (Å²) in [5, 5.41) is 5.84. The number of halogens is 1. The summed E-state index contributed by atoms with van der Waals surface area (Å²) in [6.45, 7) is 13.1. The fourth-order valence-corrected chi connectivity index (χ4v) is 5.14. The van der Waals surface area contributed by atoms with E-state index in [-0.39, 0.29) is 6.54 Å². The average Bonchev–Trinajstić information content (AvgIpc) is 2.88. The highest BCUT2D eigenvalue weighted by atomic mass is 35.5. The van der Waals surface area contributed by atoms with Crippen LogP contribution in [0.2, 0.25) is 5.02 Å². The molecule has 236 valence electrons. The fraction of sp³-hybridized carbons (Fsp3) is 0.515. The summed E-state index contributed by atoms with van der Waals surface area (Å²) >= 11 is 6.46. The van der Waals surface area contributed by atoms with Crippen LogP contribution >= 0.6 is 11.6 Å². The number of anilines is 1. The molecule has 4 N–H and O–H groups in total. The highest BCUT2D eigenvalue weighted by Gasteiger charge is 2.37. The van der Waals surface area contributed by atoms with Gasteiger partial charge < -0.3 is 26.0 Å². The van der Waals surface area contributed by atoms with E-state index in [1.54, 1.807) is 32.9 Å². The lowest BCUT2D eigenvalue weighted by molar-refractivity contribution is -0.142. The van der Waals surface area contributed by atoms with Crippen LogP contribution in [0, 0.1) is 20.8 Å². The first-order valence-electron chi connectivity index (χ1n) is 14.9. The lowest BCUT2D eigenvalue weighted by Gasteiger charge is -2.35. The number of carbonyl (C=O) groups is 4. The molecule has 0 aliphatic rings. The van der Waals surface area contributed by atoms with E-state index in [4.69, 9.17) is 22.1 Å². The number of rotatable bonds is 14. The Kier molecular flexibility index (Phi) is 13.5. The minimum absolute atomic E-state index is 0.209. The van der Waals surface area contributed by atoms with Crippen LogP contribution in [-0.4, -0.2) is 46.9 Å². The first kappa shape index (κ1) is 35.6. The van der Waals surface area contributed by atoms with Crippen LogP contribution in [0.25, 0.3) is 0 Å². The third kappa shape index (κ3) is 11.2. The number of carbonyl (C=O) groups excluding carboxylic acids is 4. The number of amides is 4. The molecule has 9 nitrogen and oxygen atoms in total. The Hall–Kier alpha value is -3.59. The van der Waals surface area contributed by atoms with Gasteiger partial charge in [-0.15, -0.1) is 0 Å². The number of benzene rings is 2. The van der Waals surface area contributed by atoms with Gasteiger partial charge in [-0.1, -0.05) is 80.1 Å². The minimum Gasteiger partial charge on any atom is -0.444 e. The molecule has 2 atom stereocenters. The Labute approximate surface area is 260 Å². The van der Waals surface area contributed by atoms with Crippen LogP contribution < -0.4 is 16.4 Å². The molecule has 10 heteroatoms. The molecule has 0 radical (unpaired) electrons. The van der Waals surface area contributed by atoms with Crippen molar-refractivity contribution in [3.63, 3.8) is 0 Å². The van der Waals surface area contributed by atoms with Gasteiger partial charge >= 0.3 is 6.09 Å². The van der Waals surface area contributed by atoms with Crippen LogP contribution in [0.1, 0.15) is 94.5 Å². The van der Waals surface area contributed by atoms with E-state index in [1.807, 2.05) is 45.0 Å². The quantitative estimate of drug-likeness (QED) is 0.209. The number of hydrogen-bond donors (Lipinski definition) is 3. The van der Waals surface area contributed by atoms with Crippen molar-refractivity contribution in [1.82, 2.24) is 10.2 Å². The molecule has 43 heavy (non-hydrogen) atoms. The predicted octanol–water partition coefficient (Wildman–Crippen LogP) is 6.51. The van der Waals surface area contributed by atoms with Crippen molar-refractivity contribution in [1.29, 1.82) is 0 Å². The summed E-state index contributed by atoms with van der Waals surface area (Å²) in [5.74, 6) is -1.87. The second-order valence-corrected chi connectivity index (χ2v) is 12.4. The Morgan fingerprint density at radius 1 is 0.977 bits per heavy atom. The molecule has 2 rings (SSSR count). The van der Waals surface area contributed by atoms with Gasteiger partial charge in [0.1, 0.15) is 17.7 Å². The molecule has 2 unspecified atom stereocenters. The van der Waals surface area contributed by atoms with Crippen LogP contribution in [0.15, 0.2) is 36.4 Å². The van der Waals surface area contributed by atoms with Crippen molar-refractivity contribution in [2.75, 3.05) is 11.9 Å². The van der Waals surface area contributed by atoms with E-state index < -0.39 is 47.9 Å². The lowest BCUT2D eigenvalue weighted by Crippen LogP contribution is -2.53. The van der Waals surface area contributed by atoms with E-state index in [2.05, 4.69) is 17.6 Å². The first-order chi connectivity index (χ1) is 20.1. The highest BCUT2D eigenvalue weighted by molar-refractivity contribution is 6.34. The average molecular weight is 615 g/mol. The zero-order chi connectivity index (χ0) is 32.3. The van der Waals surface area contributed by atoms with Crippen LogP contribution in [0.3, 0.4) is 0 Å². The number of nitrogens with two attached hydrogens (primary N) is 1. The van der Waals surface area contributed by atoms with Gasteiger partial charge in [-0.05, 0) is 70.7 Å². The van der Waals surface area contributed by atoms with E-state index in [1.165, 1.54) is 4.90 Å². The lowest BCUT2D eigenvalue weighted by atomic mass is 9.95. The molecule has 0 saturated heterocycles. The number of unbranched alkanes of at least 4 members (excludes halogenated alkanes) is 4. The first-order valence-corrected chi connectivity index (χ1v) is 15.2. The SMILES string of the molecule is CCCCCCCN(C(=O)C(CC(N)=O)NC(=O)OC(C)(C)C)C(C(=O)Nc1c(C)cccc1Cl)c1ccc(C)cc1C. The minimum atomic E-state index is -1.34. The van der Waals surface area contributed by atoms with Gasteiger partial charge in [-0.2, -0.15) is 0 Å². The molecule has 2 aromatic carbocycles. The molecule has 0 aliphatic carbocycles. The summed E-state index contributed by atoms with van der Waals surface area (Å²) in [6, 6.07) is 8.52. The van der Waals surface area contributed by atoms with Crippen molar-refractivity contribution >= 4 is 41.1 Å². The van der Waals surface area contributed by atoms with Crippen molar-refractivity contribution < 1.29 is 23.9 Å². The number of alkyl carbamates (subject to hydrolysis) is 1. The summed E-state index contributed by atoms with van der Waals surface area (Å²) in [4.78, 5) is 54.8. The molecule has 2 aromatic rings. The maximum atomic E-state index is 14.3. The summed E-state index contributed by atoms with van der Waals surface area (Å²) in [7, 11) is 0. The third-order valence-corrected chi connectivity index (χ3v) is 7.25. The Bertz CT molecular complexity index is 1270. The molecule has 0 fully saturated rings. The second kappa shape index (κ2) is 16.3. The van der Waals surface area contributed by atoms with Crippen LogP contribution in [0.5, 0.6) is 0 Å². The van der Waals surface area contributed by atoms with Crippen molar-refractivity contribution in [3.05, 3.63) is 63.7 Å². The predicted molar refractivity (Wildman–Crippen MR) is 171 cm³/mol. The van der Waals surface area contributed by atoms with Crippen molar-refractivity contribution in [2.45, 2.75) is 105 Å². The summed E-state index contributed by atoms with van der Waals surface area (Å²) in [5.41, 5.74) is 8.31. The normalized spacial score (nSPS) is 12.7. The summed E-state index contributed by atoms with van der Waals surface area (Å²) in [6.07, 6.45) is 3.19. The zero-order valence-electron chi connectivity index (χ0n) is 26.5. The monoisotopic (exact) mass is 614 g/mol. The maximum Gasteiger partial charge on any atom is 0.408 e. The molecule has 0 heterocycles. The Balaban J connectivity index is 2.63. The Morgan fingerprint density at radius 3 is 2.23 bits per heavy atom. The number of aryl methyl sites for hydroxylation is 3. The largest absolute Gasteiger partial charge is 0.444 e. The highest BCUT2D eigenvalue weighted by Crippen LogP contribution is 2.31. The van der Waals surface area contributed by atoms with Crippen LogP contribution in [-0.2, 0) is 19.1 Å². The fourth-order valence-electron chi connectivity index (χ4n) is 4.87. The topological polar surface area (TPSA) is 131 Å². The molecule has 0 aromatic heterocycles. The van der Waals surface area contributed by atoms with Crippen LogP contribution in [0.4, 0.5) is 10.5 Å². The van der Waals surface area contributed by atoms with Gasteiger partial charge in [0, 0.05) is 6.54 Å². The number of ether oxygens (including phenoxy) is 1. The maximum absolute atomic E-state index is 14.3. The molecule has 0 aliphatic heterocycles. The molecule has 0 saturated carbocycles. The van der Waals surface area contributed by atoms with E-state index >= 15 is 0 Å². The number of para-hydroxylation sites is 1. The molecule has 0 bridgehead atoms. The summed E-state index contributed by atoms with van der Waals surface area (Å²) < 4.78 is 5.37. The van der Waals surface area contributed by atoms with Crippen molar-refractivity contribution in [2.24, 2.45) is 5.73 Å². The Morgan fingerprint density at radius 2 is 1.65 bits per heavy atom. The number of nitrogens with one attached hydrogen (secondary N) is 2. The molecular weight excluding hydrogens is 568 g/mol. The molecule has 0 spiro atoms. The van der Waals surface area contributed by atoms with Gasteiger partial charge in [0.25, 0.3) is 5.91 Å². The van der Waals surface area contributed by atoms with E-state index in [0.717, 1.165) is 42.4 Å². The van der Waals surface area contributed by atoms with E-state index in [9.17, 15) is 19.2 Å². The second-order valence-electron chi connectivity index (χ2n) is 12.0. The van der Waals surface area contributed by atoms with Gasteiger partial charge in [0.2, 0.25) is 11.8 Å². The smallest absolute Gasteiger partial charge is 0.408 e. The number of primary amides is 1. The van der Waals surface area contributed by atoms with Gasteiger partial charge in [-0.3, -0.25) is 14.4 Å². The number of nitrogens with zero attached hydrogens (tertiary/aromatic N) is 1. The van der Waals surface area contributed by atoms with E-state index in [0.29, 0.717) is 22.7 Å². The standard InChI is InChI=1S/C33H47ClN4O5/c1-8-9-10-11-12-18-38(31(41)26(20-27(35)39)36-32(42)43-33(5,6)7)29(24-17-16-21(2)19-23(24)4)30(40)37-28-22(3)14-13-15-25(28)34/h13-17,19,26,29H,8-12,18,20H2,1-7H3,(H2,35,39)(H,36,42)(H,37,40). The molecular formula is C33H47ClN4O5. The molecule has 4 amide bonds. The van der Waals surface area contributed by atoms with Gasteiger partial charge in [0.15, 0.2) is 0 Å². The third-order valence-electron chi connectivity index (χ3n) is 6.93. The zero-order valence-corrected chi connectivity index (χ0v) is 27.3. The number of hydrogen-bond acceptors (Lipinski definition) is 5.